The van der Waals surface area contributed by atoms with Gasteiger partial charge in [0.2, 0.25) is 0 Å². The Hall–Kier alpha value is -0.0800. The Labute approximate surface area is 87.2 Å². The molecule has 0 radical (unpaired) electrons. The molecule has 0 aromatic heterocycles. The van der Waals surface area contributed by atoms with E-state index in [0.29, 0.717) is 12.6 Å². The second kappa shape index (κ2) is 4.19. The van der Waals surface area contributed by atoms with Crippen molar-refractivity contribution in [3.8, 4) is 0 Å². The zero-order valence-corrected chi connectivity index (χ0v) is 9.30. The van der Waals surface area contributed by atoms with Crippen LogP contribution in [-0.2, 0) is 4.74 Å². The maximum Gasteiger partial charge on any atom is 0.0705 e. The molecule has 0 aromatic carbocycles. The Bertz CT molecular complexity index is 185. The fourth-order valence-electron chi connectivity index (χ4n) is 3.04. The molecule has 0 bridgehead atoms. The minimum atomic E-state index is 0.246. The summed E-state index contributed by atoms with van der Waals surface area (Å²) in [7, 11) is 0. The predicted octanol–water partition coefficient (Wildman–Crippen LogP) is 2.46. The smallest absolute Gasteiger partial charge is 0.0705 e. The van der Waals surface area contributed by atoms with Gasteiger partial charge in [0, 0.05) is 6.54 Å². The SMILES string of the molecule is CCC1CCC2(CC1)CC[C@H](CN)O2. The number of nitrogens with two attached hydrogens (primary N) is 1. The van der Waals surface area contributed by atoms with Crippen molar-refractivity contribution in [2.75, 3.05) is 6.54 Å². The van der Waals surface area contributed by atoms with Crippen LogP contribution in [0.5, 0.6) is 0 Å². The molecule has 14 heavy (non-hydrogen) atoms. The van der Waals surface area contributed by atoms with Crippen LogP contribution in [0.25, 0.3) is 0 Å². The zero-order valence-electron chi connectivity index (χ0n) is 9.30. The maximum atomic E-state index is 6.11. The van der Waals surface area contributed by atoms with Crippen LogP contribution in [0.3, 0.4) is 0 Å². The standard InChI is InChI=1S/C12H23NO/c1-2-10-3-6-12(7-4-10)8-5-11(9-13)14-12/h10-11H,2-9,13H2,1H3/t10?,11-,12?/m1/s1. The third-order valence-electron chi connectivity index (χ3n) is 4.20. The van der Waals surface area contributed by atoms with E-state index in [1.165, 1.54) is 44.9 Å². The van der Waals surface area contributed by atoms with E-state index >= 15 is 0 Å². The van der Waals surface area contributed by atoms with Gasteiger partial charge in [0.1, 0.15) is 0 Å². The van der Waals surface area contributed by atoms with Crippen LogP contribution < -0.4 is 5.73 Å². The Morgan fingerprint density at radius 2 is 1.86 bits per heavy atom. The fraction of sp³-hybridized carbons (Fsp3) is 1.00. The summed E-state index contributed by atoms with van der Waals surface area (Å²) in [6, 6.07) is 0. The van der Waals surface area contributed by atoms with Gasteiger partial charge in [-0.1, -0.05) is 13.3 Å². The van der Waals surface area contributed by atoms with E-state index in [0.717, 1.165) is 5.92 Å². The van der Waals surface area contributed by atoms with Gasteiger partial charge >= 0.3 is 0 Å². The van der Waals surface area contributed by atoms with Crippen molar-refractivity contribution in [2.45, 2.75) is 63.6 Å². The lowest BCUT2D eigenvalue weighted by molar-refractivity contribution is -0.0681. The molecule has 1 saturated carbocycles. The van der Waals surface area contributed by atoms with E-state index in [-0.39, 0.29) is 5.60 Å². The number of hydrogen-bond acceptors (Lipinski definition) is 2. The van der Waals surface area contributed by atoms with Crippen LogP contribution in [0.4, 0.5) is 0 Å². The molecule has 2 heteroatoms. The summed E-state index contributed by atoms with van der Waals surface area (Å²) < 4.78 is 6.11. The van der Waals surface area contributed by atoms with Crippen LogP contribution in [0.15, 0.2) is 0 Å². The Morgan fingerprint density at radius 3 is 2.36 bits per heavy atom. The molecule has 1 heterocycles. The highest BCUT2D eigenvalue weighted by Gasteiger charge is 2.41. The van der Waals surface area contributed by atoms with E-state index < -0.39 is 0 Å². The second-order valence-corrected chi connectivity index (χ2v) is 5.05. The highest BCUT2D eigenvalue weighted by atomic mass is 16.5. The molecule has 82 valence electrons. The molecule has 2 rings (SSSR count). The molecule has 1 aliphatic carbocycles. The van der Waals surface area contributed by atoms with E-state index in [2.05, 4.69) is 6.92 Å². The Morgan fingerprint density at radius 1 is 1.21 bits per heavy atom. The number of rotatable bonds is 2. The van der Waals surface area contributed by atoms with Gasteiger partial charge in [-0.25, -0.2) is 0 Å². The first-order valence-corrected chi connectivity index (χ1v) is 6.16. The van der Waals surface area contributed by atoms with Crippen molar-refractivity contribution >= 4 is 0 Å². The first kappa shape index (κ1) is 10.4. The molecular formula is C12H23NO. The van der Waals surface area contributed by atoms with E-state index in [4.69, 9.17) is 10.5 Å². The molecule has 0 unspecified atom stereocenters. The Balaban J connectivity index is 1.87. The summed E-state index contributed by atoms with van der Waals surface area (Å²) in [5.74, 6) is 0.959. The number of hydrogen-bond donors (Lipinski definition) is 1. The average Bonchev–Trinajstić information content (AvgIpc) is 2.63. The van der Waals surface area contributed by atoms with Gasteiger partial charge in [-0.2, -0.15) is 0 Å². The molecule has 2 fully saturated rings. The lowest BCUT2D eigenvalue weighted by Crippen LogP contribution is -2.35. The van der Waals surface area contributed by atoms with E-state index in [1.54, 1.807) is 0 Å². The van der Waals surface area contributed by atoms with Gasteiger partial charge in [-0.15, -0.1) is 0 Å². The first-order chi connectivity index (χ1) is 6.78. The second-order valence-electron chi connectivity index (χ2n) is 5.05. The fourth-order valence-corrected chi connectivity index (χ4v) is 3.04. The summed E-state index contributed by atoms with van der Waals surface area (Å²) in [5.41, 5.74) is 5.90. The molecule has 2 nitrogen and oxygen atoms in total. The van der Waals surface area contributed by atoms with Crippen LogP contribution in [-0.4, -0.2) is 18.2 Å². The zero-order chi connectivity index (χ0) is 10.0. The third kappa shape index (κ3) is 1.96. The van der Waals surface area contributed by atoms with Crippen LogP contribution >= 0.6 is 0 Å². The van der Waals surface area contributed by atoms with Crippen molar-refractivity contribution < 1.29 is 4.74 Å². The number of ether oxygens (including phenoxy) is 1. The van der Waals surface area contributed by atoms with E-state index in [1.807, 2.05) is 0 Å². The van der Waals surface area contributed by atoms with Crippen molar-refractivity contribution in [1.29, 1.82) is 0 Å². The van der Waals surface area contributed by atoms with Crippen molar-refractivity contribution in [3.05, 3.63) is 0 Å². The molecule has 1 aliphatic heterocycles. The van der Waals surface area contributed by atoms with Crippen molar-refractivity contribution in [3.63, 3.8) is 0 Å². The summed E-state index contributed by atoms with van der Waals surface area (Å²) in [5, 5.41) is 0. The van der Waals surface area contributed by atoms with Crippen LogP contribution in [0.2, 0.25) is 0 Å². The highest BCUT2D eigenvalue weighted by molar-refractivity contribution is 4.93. The van der Waals surface area contributed by atoms with Crippen LogP contribution in [0, 0.1) is 5.92 Å². The lowest BCUT2D eigenvalue weighted by Gasteiger charge is -2.36. The van der Waals surface area contributed by atoms with Gasteiger partial charge in [0.05, 0.1) is 11.7 Å². The largest absolute Gasteiger partial charge is 0.370 e. The molecule has 1 spiro atoms. The summed E-state index contributed by atoms with van der Waals surface area (Å²) in [4.78, 5) is 0. The normalized spacial score (nSPS) is 43.3. The summed E-state index contributed by atoms with van der Waals surface area (Å²) in [6.07, 6.45) is 9.44. The topological polar surface area (TPSA) is 35.2 Å². The predicted molar refractivity (Wildman–Crippen MR) is 58.1 cm³/mol. The minimum absolute atomic E-state index is 0.246. The quantitative estimate of drug-likeness (QED) is 0.738. The molecule has 0 aromatic rings. The molecule has 1 saturated heterocycles. The highest BCUT2D eigenvalue weighted by Crippen LogP contribution is 2.43. The van der Waals surface area contributed by atoms with Gasteiger partial charge in [0.15, 0.2) is 0 Å². The Kier molecular flexibility index (Phi) is 3.13. The third-order valence-corrected chi connectivity index (χ3v) is 4.20. The van der Waals surface area contributed by atoms with E-state index in [9.17, 15) is 0 Å². The maximum absolute atomic E-state index is 6.11. The molecule has 1 atom stereocenters. The summed E-state index contributed by atoms with van der Waals surface area (Å²) >= 11 is 0. The monoisotopic (exact) mass is 197 g/mol. The molecule has 0 amide bonds. The van der Waals surface area contributed by atoms with Gasteiger partial charge in [-0.05, 0) is 44.4 Å². The van der Waals surface area contributed by atoms with Gasteiger partial charge < -0.3 is 10.5 Å². The minimum Gasteiger partial charge on any atom is -0.370 e. The van der Waals surface area contributed by atoms with Crippen molar-refractivity contribution in [2.24, 2.45) is 11.7 Å². The molecular weight excluding hydrogens is 174 g/mol. The van der Waals surface area contributed by atoms with Gasteiger partial charge in [0.25, 0.3) is 0 Å². The average molecular weight is 197 g/mol. The van der Waals surface area contributed by atoms with Crippen molar-refractivity contribution in [1.82, 2.24) is 0 Å². The lowest BCUT2D eigenvalue weighted by atomic mass is 9.76. The first-order valence-electron chi connectivity index (χ1n) is 6.16. The summed E-state index contributed by atoms with van der Waals surface area (Å²) in [6.45, 7) is 3.01. The van der Waals surface area contributed by atoms with Crippen LogP contribution in [0.1, 0.15) is 51.9 Å². The molecule has 2 aliphatic rings. The van der Waals surface area contributed by atoms with Gasteiger partial charge in [-0.3, -0.25) is 0 Å². The molecule has 2 N–H and O–H groups in total.